The first-order chi connectivity index (χ1) is 14.1. The highest BCUT2D eigenvalue weighted by Crippen LogP contribution is 2.26. The zero-order valence-corrected chi connectivity index (χ0v) is 17.8. The van der Waals surface area contributed by atoms with Crippen LogP contribution in [0.15, 0.2) is 24.3 Å². The van der Waals surface area contributed by atoms with Gasteiger partial charge in [-0.1, -0.05) is 6.07 Å². The maximum absolute atomic E-state index is 13.3. The van der Waals surface area contributed by atoms with E-state index in [2.05, 4.69) is 5.32 Å². The molecular formula is C22H30FN3O4. The van der Waals surface area contributed by atoms with Gasteiger partial charge in [0.1, 0.15) is 17.5 Å². The summed E-state index contributed by atoms with van der Waals surface area (Å²) < 4.78 is 18.7. The van der Waals surface area contributed by atoms with Gasteiger partial charge in [-0.2, -0.15) is 0 Å². The summed E-state index contributed by atoms with van der Waals surface area (Å²) in [5.74, 6) is -0.881. The highest BCUT2D eigenvalue weighted by Gasteiger charge is 2.39. The number of amides is 3. The molecule has 1 aromatic carbocycles. The number of anilines is 1. The minimum atomic E-state index is -0.610. The Morgan fingerprint density at radius 3 is 2.43 bits per heavy atom. The number of carbonyl (C=O) groups excluding carboxylic acids is 3. The Morgan fingerprint density at radius 2 is 1.80 bits per heavy atom. The van der Waals surface area contributed by atoms with Crippen LogP contribution < -0.4 is 5.32 Å². The number of halogens is 1. The van der Waals surface area contributed by atoms with Gasteiger partial charge in [0.25, 0.3) is 0 Å². The Morgan fingerprint density at radius 1 is 1.10 bits per heavy atom. The largest absolute Gasteiger partial charge is 0.444 e. The van der Waals surface area contributed by atoms with Crippen molar-refractivity contribution in [2.45, 2.75) is 58.1 Å². The normalized spacial score (nSPS) is 20.2. The van der Waals surface area contributed by atoms with Gasteiger partial charge in [-0.05, 0) is 64.7 Å². The van der Waals surface area contributed by atoms with Crippen molar-refractivity contribution in [2.75, 3.05) is 25.0 Å². The van der Waals surface area contributed by atoms with Crippen molar-refractivity contribution in [3.05, 3.63) is 30.1 Å². The lowest BCUT2D eigenvalue weighted by molar-refractivity contribution is -0.138. The van der Waals surface area contributed by atoms with Crippen molar-refractivity contribution in [1.82, 2.24) is 9.80 Å². The van der Waals surface area contributed by atoms with E-state index in [4.69, 9.17) is 4.74 Å². The lowest BCUT2D eigenvalue weighted by Crippen LogP contribution is -2.51. The minimum Gasteiger partial charge on any atom is -0.444 e. The molecule has 0 unspecified atom stereocenters. The molecule has 7 nitrogen and oxygen atoms in total. The number of ether oxygens (including phenoxy) is 1. The van der Waals surface area contributed by atoms with Crippen LogP contribution in [0.4, 0.5) is 14.9 Å². The zero-order chi connectivity index (χ0) is 21.9. The van der Waals surface area contributed by atoms with E-state index >= 15 is 0 Å². The smallest absolute Gasteiger partial charge is 0.410 e. The monoisotopic (exact) mass is 419 g/mol. The Bertz CT molecular complexity index is 800. The predicted octanol–water partition coefficient (Wildman–Crippen LogP) is 3.40. The van der Waals surface area contributed by atoms with E-state index in [1.54, 1.807) is 37.8 Å². The fourth-order valence-electron chi connectivity index (χ4n) is 3.95. The second-order valence-electron chi connectivity index (χ2n) is 8.93. The molecular weight excluding hydrogens is 389 g/mol. The molecule has 2 heterocycles. The highest BCUT2D eigenvalue weighted by atomic mass is 19.1. The minimum absolute atomic E-state index is 0.0812. The van der Waals surface area contributed by atoms with Crippen molar-refractivity contribution >= 4 is 23.6 Å². The molecule has 8 heteroatoms. The lowest BCUT2D eigenvalue weighted by atomic mass is 9.95. The van der Waals surface area contributed by atoms with Crippen molar-refractivity contribution in [2.24, 2.45) is 5.92 Å². The van der Waals surface area contributed by atoms with E-state index in [9.17, 15) is 18.8 Å². The van der Waals surface area contributed by atoms with Gasteiger partial charge in [-0.3, -0.25) is 14.5 Å². The van der Waals surface area contributed by atoms with Gasteiger partial charge in [-0.15, -0.1) is 0 Å². The maximum Gasteiger partial charge on any atom is 0.410 e. The van der Waals surface area contributed by atoms with Crippen LogP contribution in [0.3, 0.4) is 0 Å². The summed E-state index contributed by atoms with van der Waals surface area (Å²) in [5.41, 5.74) is -0.182. The number of rotatable bonds is 3. The number of hydrogen-bond acceptors (Lipinski definition) is 4. The summed E-state index contributed by atoms with van der Waals surface area (Å²) in [7, 11) is 0. The molecule has 0 aliphatic carbocycles. The van der Waals surface area contributed by atoms with Gasteiger partial charge in [0, 0.05) is 31.2 Å². The second kappa shape index (κ2) is 9.02. The number of carbonyl (C=O) groups is 3. The number of hydrogen-bond donors (Lipinski definition) is 1. The third-order valence-electron chi connectivity index (χ3n) is 5.44. The SMILES string of the molecule is CC(C)(C)OC(=O)N1CCC[C@H]1C(=O)N1CCC(C(=O)Nc2cccc(F)c2)CC1. The molecule has 1 N–H and O–H groups in total. The first kappa shape index (κ1) is 22.1. The first-order valence-electron chi connectivity index (χ1n) is 10.5. The third kappa shape index (κ3) is 5.49. The van der Waals surface area contributed by atoms with Crippen molar-refractivity contribution < 1.29 is 23.5 Å². The number of nitrogens with zero attached hydrogens (tertiary/aromatic N) is 2. The standard InChI is InChI=1S/C22H30FN3O4/c1-22(2,3)30-21(29)26-11-5-8-18(26)20(28)25-12-9-15(10-13-25)19(27)24-17-7-4-6-16(23)14-17/h4,6-7,14-15,18H,5,8-13H2,1-3H3,(H,24,27)/t18-/m0/s1. The number of piperidine rings is 1. The molecule has 2 aliphatic heterocycles. The fraction of sp³-hybridized carbons (Fsp3) is 0.591. The molecule has 1 atom stereocenters. The van der Waals surface area contributed by atoms with Gasteiger partial charge in [0.15, 0.2) is 0 Å². The molecule has 3 amide bonds. The van der Waals surface area contributed by atoms with Crippen molar-refractivity contribution in [1.29, 1.82) is 0 Å². The van der Waals surface area contributed by atoms with Crippen molar-refractivity contribution in [3.8, 4) is 0 Å². The van der Waals surface area contributed by atoms with E-state index in [-0.39, 0.29) is 17.7 Å². The molecule has 1 aromatic rings. The van der Waals surface area contributed by atoms with E-state index in [0.717, 1.165) is 6.42 Å². The third-order valence-corrected chi connectivity index (χ3v) is 5.44. The van der Waals surface area contributed by atoms with Gasteiger partial charge in [0.05, 0.1) is 0 Å². The molecule has 0 aromatic heterocycles. The van der Waals surface area contributed by atoms with Gasteiger partial charge < -0.3 is 15.0 Å². The van der Waals surface area contributed by atoms with Crippen LogP contribution in [0.1, 0.15) is 46.5 Å². The molecule has 2 aliphatic rings. The second-order valence-corrected chi connectivity index (χ2v) is 8.93. The van der Waals surface area contributed by atoms with Crippen LogP contribution in [0.5, 0.6) is 0 Å². The molecule has 0 bridgehead atoms. The summed E-state index contributed by atoms with van der Waals surface area (Å²) >= 11 is 0. The highest BCUT2D eigenvalue weighted by molar-refractivity contribution is 5.93. The Kier molecular flexibility index (Phi) is 6.63. The van der Waals surface area contributed by atoms with Crippen LogP contribution in [0.25, 0.3) is 0 Å². The summed E-state index contributed by atoms with van der Waals surface area (Å²) in [5, 5.41) is 2.74. The molecule has 2 saturated heterocycles. The maximum atomic E-state index is 13.3. The van der Waals surface area contributed by atoms with Crippen molar-refractivity contribution in [3.63, 3.8) is 0 Å². The predicted molar refractivity (Wildman–Crippen MR) is 110 cm³/mol. The summed E-state index contributed by atoms with van der Waals surface area (Å²) in [6.07, 6.45) is 2.00. The molecule has 0 spiro atoms. The Hall–Kier alpha value is -2.64. The quantitative estimate of drug-likeness (QED) is 0.814. The Balaban J connectivity index is 1.53. The summed E-state index contributed by atoms with van der Waals surface area (Å²) in [4.78, 5) is 41.2. The summed E-state index contributed by atoms with van der Waals surface area (Å²) in [6.45, 7) is 6.83. The van der Waals surface area contributed by atoms with Crippen LogP contribution in [0.2, 0.25) is 0 Å². The fourth-order valence-corrected chi connectivity index (χ4v) is 3.95. The molecule has 30 heavy (non-hydrogen) atoms. The van der Waals surface area contributed by atoms with E-state index in [0.29, 0.717) is 44.6 Å². The van der Waals surface area contributed by atoms with Gasteiger partial charge >= 0.3 is 6.09 Å². The molecule has 0 saturated carbocycles. The number of benzene rings is 1. The lowest BCUT2D eigenvalue weighted by Gasteiger charge is -2.35. The average molecular weight is 419 g/mol. The first-order valence-corrected chi connectivity index (χ1v) is 10.5. The van der Waals surface area contributed by atoms with Crippen LogP contribution >= 0.6 is 0 Å². The Labute approximate surface area is 176 Å². The topological polar surface area (TPSA) is 79.0 Å². The molecule has 3 rings (SSSR count). The van der Waals surface area contributed by atoms with Crippen LogP contribution in [-0.2, 0) is 14.3 Å². The van der Waals surface area contributed by atoms with E-state index < -0.39 is 23.6 Å². The number of likely N-dealkylation sites (tertiary alicyclic amines) is 2. The molecule has 2 fully saturated rings. The van der Waals surface area contributed by atoms with Crippen LogP contribution in [-0.4, -0.2) is 59.0 Å². The number of nitrogens with one attached hydrogen (secondary N) is 1. The van der Waals surface area contributed by atoms with Gasteiger partial charge in [0.2, 0.25) is 11.8 Å². The zero-order valence-electron chi connectivity index (χ0n) is 17.8. The van der Waals surface area contributed by atoms with Crippen LogP contribution in [0, 0.1) is 11.7 Å². The summed E-state index contributed by atoms with van der Waals surface area (Å²) in [6, 6.07) is 5.29. The van der Waals surface area contributed by atoms with E-state index in [1.807, 2.05) is 0 Å². The van der Waals surface area contributed by atoms with E-state index in [1.165, 1.54) is 17.0 Å². The van der Waals surface area contributed by atoms with Gasteiger partial charge in [-0.25, -0.2) is 9.18 Å². The average Bonchev–Trinajstić information content (AvgIpc) is 3.16. The molecule has 164 valence electrons. The molecule has 0 radical (unpaired) electrons.